The highest BCUT2D eigenvalue weighted by molar-refractivity contribution is 5.96. The van der Waals surface area contributed by atoms with Crippen LogP contribution in [0.1, 0.15) is 15.9 Å². The van der Waals surface area contributed by atoms with Crippen LogP contribution in [0.15, 0.2) is 91.1 Å². The summed E-state index contributed by atoms with van der Waals surface area (Å²) in [5.41, 5.74) is 3.31. The van der Waals surface area contributed by atoms with Gasteiger partial charge in [0, 0.05) is 23.9 Å². The molecule has 32 heavy (non-hydrogen) atoms. The Morgan fingerprint density at radius 2 is 1.50 bits per heavy atom. The third kappa shape index (κ3) is 4.89. The van der Waals surface area contributed by atoms with Gasteiger partial charge in [-0.25, -0.2) is 9.07 Å². The van der Waals surface area contributed by atoms with Crippen LogP contribution in [0, 0.1) is 5.82 Å². The van der Waals surface area contributed by atoms with E-state index in [1.165, 1.54) is 18.2 Å². The quantitative estimate of drug-likeness (QED) is 0.471. The molecule has 0 aliphatic carbocycles. The number of para-hydroxylation sites is 1. The molecule has 0 atom stereocenters. The van der Waals surface area contributed by atoms with E-state index in [2.05, 4.69) is 10.6 Å². The zero-order chi connectivity index (χ0) is 22.3. The van der Waals surface area contributed by atoms with Crippen LogP contribution >= 0.6 is 0 Å². The summed E-state index contributed by atoms with van der Waals surface area (Å²) < 4.78 is 15.5. The molecule has 0 aliphatic heterocycles. The van der Waals surface area contributed by atoms with Crippen molar-refractivity contribution in [3.8, 4) is 16.9 Å². The summed E-state index contributed by atoms with van der Waals surface area (Å²) in [5.74, 6) is -1.66. The van der Waals surface area contributed by atoms with Crippen LogP contribution in [-0.2, 0) is 11.3 Å². The number of carbonyl (C=O) groups excluding carboxylic acids is 2. The number of rotatable bonds is 7. The van der Waals surface area contributed by atoms with Crippen LogP contribution in [0.4, 0.5) is 4.39 Å². The number of halogens is 1. The third-order valence-electron chi connectivity index (χ3n) is 4.86. The Kier molecular flexibility index (Phi) is 6.36. The first-order valence-corrected chi connectivity index (χ1v) is 10.1. The average molecular weight is 428 g/mol. The van der Waals surface area contributed by atoms with Crippen LogP contribution in [0.5, 0.6) is 0 Å². The molecule has 1 heterocycles. The average Bonchev–Trinajstić information content (AvgIpc) is 3.27. The van der Waals surface area contributed by atoms with Crippen molar-refractivity contribution in [2.24, 2.45) is 0 Å². The lowest BCUT2D eigenvalue weighted by atomic mass is 10.1. The van der Waals surface area contributed by atoms with Gasteiger partial charge in [0.1, 0.15) is 5.82 Å². The molecule has 4 aromatic rings. The number of aromatic nitrogens is 2. The first-order valence-electron chi connectivity index (χ1n) is 10.1. The van der Waals surface area contributed by atoms with E-state index in [0.717, 1.165) is 22.5 Å². The summed E-state index contributed by atoms with van der Waals surface area (Å²) in [6, 6.07) is 25.0. The number of benzene rings is 3. The largest absolute Gasteiger partial charge is 0.350 e. The molecule has 6 nitrogen and oxygen atoms in total. The Morgan fingerprint density at radius 1 is 0.844 bits per heavy atom. The fourth-order valence-electron chi connectivity index (χ4n) is 3.25. The molecule has 0 saturated heterocycles. The SMILES string of the molecule is O=C(CNC(=O)c1ccccc1F)NCc1cn(-c2ccccc2)nc1-c1ccccc1. The van der Waals surface area contributed by atoms with Gasteiger partial charge in [-0.3, -0.25) is 9.59 Å². The van der Waals surface area contributed by atoms with Crippen molar-refractivity contribution in [1.82, 2.24) is 20.4 Å². The number of nitrogens with one attached hydrogen (secondary N) is 2. The van der Waals surface area contributed by atoms with Crippen molar-refractivity contribution in [3.05, 3.63) is 108 Å². The van der Waals surface area contributed by atoms with Gasteiger partial charge in [0.15, 0.2) is 0 Å². The van der Waals surface area contributed by atoms with Crippen molar-refractivity contribution in [3.63, 3.8) is 0 Å². The van der Waals surface area contributed by atoms with E-state index < -0.39 is 11.7 Å². The van der Waals surface area contributed by atoms with E-state index in [-0.39, 0.29) is 24.6 Å². The van der Waals surface area contributed by atoms with Crippen LogP contribution in [0.3, 0.4) is 0 Å². The van der Waals surface area contributed by atoms with Crippen molar-refractivity contribution in [2.75, 3.05) is 6.54 Å². The maximum Gasteiger partial charge on any atom is 0.254 e. The summed E-state index contributed by atoms with van der Waals surface area (Å²) in [7, 11) is 0. The smallest absolute Gasteiger partial charge is 0.254 e. The van der Waals surface area contributed by atoms with Gasteiger partial charge < -0.3 is 10.6 Å². The first kappa shape index (κ1) is 21.0. The van der Waals surface area contributed by atoms with Gasteiger partial charge in [-0.1, -0.05) is 60.7 Å². The lowest BCUT2D eigenvalue weighted by molar-refractivity contribution is -0.120. The topological polar surface area (TPSA) is 76.0 Å². The Morgan fingerprint density at radius 3 is 2.22 bits per heavy atom. The van der Waals surface area contributed by atoms with Gasteiger partial charge in [0.05, 0.1) is 23.5 Å². The summed E-state index contributed by atoms with van der Waals surface area (Å²) in [6.45, 7) is -0.0356. The molecule has 0 radical (unpaired) electrons. The zero-order valence-electron chi connectivity index (χ0n) is 17.2. The summed E-state index contributed by atoms with van der Waals surface area (Å²) in [5, 5.41) is 9.94. The number of hydrogen-bond acceptors (Lipinski definition) is 3. The van der Waals surface area contributed by atoms with Gasteiger partial charge in [-0.2, -0.15) is 5.10 Å². The second kappa shape index (κ2) is 9.70. The minimum absolute atomic E-state index is 0.101. The maximum absolute atomic E-state index is 13.7. The molecule has 3 aromatic carbocycles. The molecule has 0 unspecified atom stereocenters. The Labute approximate surface area is 184 Å². The second-order valence-corrected chi connectivity index (χ2v) is 7.09. The summed E-state index contributed by atoms with van der Waals surface area (Å²) in [6.07, 6.45) is 1.87. The van der Waals surface area contributed by atoms with Crippen molar-refractivity contribution >= 4 is 11.8 Å². The molecular formula is C25H21FN4O2. The van der Waals surface area contributed by atoms with Crippen molar-refractivity contribution in [2.45, 2.75) is 6.54 Å². The minimum Gasteiger partial charge on any atom is -0.350 e. The molecule has 1 aromatic heterocycles. The van der Waals surface area contributed by atoms with Crippen molar-refractivity contribution in [1.29, 1.82) is 0 Å². The number of amides is 2. The summed E-state index contributed by atoms with van der Waals surface area (Å²) in [4.78, 5) is 24.4. The lowest BCUT2D eigenvalue weighted by Gasteiger charge is -2.08. The lowest BCUT2D eigenvalue weighted by Crippen LogP contribution is -2.36. The predicted molar refractivity (Wildman–Crippen MR) is 120 cm³/mol. The Bertz CT molecular complexity index is 1220. The molecule has 0 saturated carbocycles. The van der Waals surface area contributed by atoms with Crippen LogP contribution < -0.4 is 10.6 Å². The Hall–Kier alpha value is -4.26. The Balaban J connectivity index is 1.45. The zero-order valence-corrected chi connectivity index (χ0v) is 17.2. The molecule has 0 spiro atoms. The number of nitrogens with zero attached hydrogens (tertiary/aromatic N) is 2. The highest BCUT2D eigenvalue weighted by Crippen LogP contribution is 2.23. The van der Waals surface area contributed by atoms with Crippen molar-refractivity contribution < 1.29 is 14.0 Å². The van der Waals surface area contributed by atoms with Gasteiger partial charge in [0.25, 0.3) is 5.91 Å². The normalized spacial score (nSPS) is 10.5. The highest BCUT2D eigenvalue weighted by Gasteiger charge is 2.15. The molecule has 2 amide bonds. The standard InChI is InChI=1S/C25H21FN4O2/c26-22-14-8-7-13-21(22)25(32)28-16-23(31)27-15-19-17-30(20-11-5-2-6-12-20)29-24(19)18-9-3-1-4-10-18/h1-14,17H,15-16H2,(H,27,31)(H,28,32). The monoisotopic (exact) mass is 428 g/mol. The molecule has 0 fully saturated rings. The number of hydrogen-bond donors (Lipinski definition) is 2. The predicted octanol–water partition coefficient (Wildman–Crippen LogP) is 3.72. The van der Waals surface area contributed by atoms with E-state index in [0.29, 0.717) is 0 Å². The van der Waals surface area contributed by atoms with Gasteiger partial charge in [0.2, 0.25) is 5.91 Å². The maximum atomic E-state index is 13.7. The minimum atomic E-state index is -0.639. The fraction of sp³-hybridized carbons (Fsp3) is 0.0800. The first-order chi connectivity index (χ1) is 15.6. The summed E-state index contributed by atoms with van der Waals surface area (Å²) >= 11 is 0. The third-order valence-corrected chi connectivity index (χ3v) is 4.86. The van der Waals surface area contributed by atoms with Gasteiger partial charge in [-0.05, 0) is 24.3 Å². The molecule has 0 bridgehead atoms. The van der Waals surface area contributed by atoms with E-state index >= 15 is 0 Å². The molecule has 160 valence electrons. The fourth-order valence-corrected chi connectivity index (χ4v) is 3.25. The highest BCUT2D eigenvalue weighted by atomic mass is 19.1. The van der Waals surface area contributed by atoms with Crippen LogP contribution in [0.2, 0.25) is 0 Å². The van der Waals surface area contributed by atoms with Gasteiger partial charge >= 0.3 is 0 Å². The molecule has 4 rings (SSSR count). The van der Waals surface area contributed by atoms with E-state index in [1.807, 2.05) is 66.9 Å². The molecular weight excluding hydrogens is 407 g/mol. The van der Waals surface area contributed by atoms with Crippen LogP contribution in [-0.4, -0.2) is 28.1 Å². The van der Waals surface area contributed by atoms with E-state index in [9.17, 15) is 14.0 Å². The van der Waals surface area contributed by atoms with E-state index in [1.54, 1.807) is 10.7 Å². The molecule has 0 aliphatic rings. The second-order valence-electron chi connectivity index (χ2n) is 7.09. The van der Waals surface area contributed by atoms with Gasteiger partial charge in [-0.15, -0.1) is 0 Å². The molecule has 2 N–H and O–H groups in total. The van der Waals surface area contributed by atoms with Crippen LogP contribution in [0.25, 0.3) is 16.9 Å². The van der Waals surface area contributed by atoms with E-state index in [4.69, 9.17) is 5.10 Å². The molecule has 7 heteroatoms. The number of carbonyl (C=O) groups is 2.